The van der Waals surface area contributed by atoms with Crippen LogP contribution in [-0.4, -0.2) is 21.3 Å². The van der Waals surface area contributed by atoms with Crippen LogP contribution in [0.15, 0.2) is 23.0 Å². The summed E-state index contributed by atoms with van der Waals surface area (Å²) in [6, 6.07) is 6.18. The topological polar surface area (TPSA) is 36.2 Å². The molecule has 4 nitrogen and oxygen atoms in total. The van der Waals surface area contributed by atoms with Crippen LogP contribution in [0.2, 0.25) is 0 Å². The highest BCUT2D eigenvalue weighted by molar-refractivity contribution is 9.09. The number of hydrogen-bond acceptors (Lipinski definition) is 2. The van der Waals surface area contributed by atoms with E-state index in [1.165, 1.54) is 0 Å². The first-order valence-electron chi connectivity index (χ1n) is 6.94. The van der Waals surface area contributed by atoms with Gasteiger partial charge in [0.2, 0.25) is 0 Å². The van der Waals surface area contributed by atoms with Gasteiger partial charge < -0.3 is 4.74 Å². The zero-order chi connectivity index (χ0) is 14.4. The van der Waals surface area contributed by atoms with Crippen molar-refractivity contribution in [3.05, 3.63) is 34.2 Å². The van der Waals surface area contributed by atoms with E-state index in [1.54, 1.807) is 16.2 Å². The maximum absolute atomic E-state index is 12.0. The molecule has 3 unspecified atom stereocenters. The summed E-state index contributed by atoms with van der Waals surface area (Å²) in [4.78, 5) is 12.1. The van der Waals surface area contributed by atoms with Crippen molar-refractivity contribution in [3.63, 3.8) is 0 Å². The van der Waals surface area contributed by atoms with Gasteiger partial charge in [-0.25, -0.2) is 4.79 Å². The molecule has 0 radical (unpaired) electrons. The molecule has 0 bridgehead atoms. The van der Waals surface area contributed by atoms with Crippen molar-refractivity contribution < 1.29 is 4.74 Å². The molecule has 108 valence electrons. The van der Waals surface area contributed by atoms with Gasteiger partial charge in [-0.05, 0) is 37.5 Å². The number of benzene rings is 1. The first-order valence-corrected chi connectivity index (χ1v) is 7.85. The molecule has 2 heterocycles. The van der Waals surface area contributed by atoms with E-state index in [-0.39, 0.29) is 16.6 Å². The first-order chi connectivity index (χ1) is 9.49. The lowest BCUT2D eigenvalue weighted by atomic mass is 10.0. The maximum Gasteiger partial charge on any atom is 0.328 e. The third kappa shape index (κ3) is 2.13. The minimum atomic E-state index is 0.00834. The Balaban J connectivity index is 2.01. The van der Waals surface area contributed by atoms with Crippen LogP contribution in [0.5, 0.6) is 0 Å². The van der Waals surface area contributed by atoms with Crippen molar-refractivity contribution in [2.75, 3.05) is 0 Å². The quantitative estimate of drug-likeness (QED) is 0.789. The summed E-state index contributed by atoms with van der Waals surface area (Å²) in [5.41, 5.74) is 3.10. The number of alkyl halides is 1. The van der Waals surface area contributed by atoms with Crippen LogP contribution < -0.4 is 5.69 Å². The molecule has 1 aliphatic rings. The van der Waals surface area contributed by atoms with Gasteiger partial charge in [-0.15, -0.1) is 0 Å². The smallest absolute Gasteiger partial charge is 0.328 e. The van der Waals surface area contributed by atoms with Gasteiger partial charge >= 0.3 is 5.69 Å². The fraction of sp³-hybridized carbons (Fsp3) is 0.533. The fourth-order valence-corrected chi connectivity index (χ4v) is 3.63. The van der Waals surface area contributed by atoms with Gasteiger partial charge in [0.15, 0.2) is 0 Å². The van der Waals surface area contributed by atoms with Crippen LogP contribution in [0.1, 0.15) is 30.2 Å². The standard InChI is InChI=1S/C15H19BrN2O2/c1-9-4-7-13(20-9)14(16)10-5-6-11-12(8-10)18(3)15(19)17(11)2/h5-6,8-9,13-14H,4,7H2,1-3H3. The molecule has 0 amide bonds. The lowest BCUT2D eigenvalue weighted by molar-refractivity contribution is 0.0557. The van der Waals surface area contributed by atoms with Crippen LogP contribution in [0, 0.1) is 0 Å². The Morgan fingerprint density at radius 2 is 1.95 bits per heavy atom. The minimum Gasteiger partial charge on any atom is -0.374 e. The van der Waals surface area contributed by atoms with Gasteiger partial charge in [0.25, 0.3) is 0 Å². The van der Waals surface area contributed by atoms with E-state index in [4.69, 9.17) is 4.74 Å². The van der Waals surface area contributed by atoms with Gasteiger partial charge in [-0.1, -0.05) is 22.0 Å². The highest BCUT2D eigenvalue weighted by atomic mass is 79.9. The van der Waals surface area contributed by atoms with E-state index in [0.717, 1.165) is 29.4 Å². The number of hydrogen-bond donors (Lipinski definition) is 0. The summed E-state index contributed by atoms with van der Waals surface area (Å²) < 4.78 is 9.30. The van der Waals surface area contributed by atoms with Crippen LogP contribution in [0.25, 0.3) is 11.0 Å². The third-order valence-corrected chi connectivity index (χ3v) is 5.32. The van der Waals surface area contributed by atoms with Gasteiger partial charge in [0.05, 0.1) is 28.1 Å². The highest BCUT2D eigenvalue weighted by Gasteiger charge is 2.29. The van der Waals surface area contributed by atoms with Gasteiger partial charge in [-0.3, -0.25) is 9.13 Å². The van der Waals surface area contributed by atoms with Crippen molar-refractivity contribution >= 4 is 27.0 Å². The van der Waals surface area contributed by atoms with Crippen molar-refractivity contribution in [2.24, 2.45) is 14.1 Å². The van der Waals surface area contributed by atoms with E-state index in [0.29, 0.717) is 6.10 Å². The molecule has 3 rings (SSSR count). The van der Waals surface area contributed by atoms with Crippen LogP contribution in [0.4, 0.5) is 0 Å². The van der Waals surface area contributed by atoms with Gasteiger partial charge in [0, 0.05) is 14.1 Å². The average molecular weight is 339 g/mol. The maximum atomic E-state index is 12.0. The molecule has 0 N–H and O–H groups in total. The van der Waals surface area contributed by atoms with Crippen molar-refractivity contribution in [3.8, 4) is 0 Å². The monoisotopic (exact) mass is 338 g/mol. The molecule has 20 heavy (non-hydrogen) atoms. The number of halogens is 1. The third-order valence-electron chi connectivity index (χ3n) is 4.21. The SMILES string of the molecule is CC1CCC(C(Br)c2ccc3c(c2)n(C)c(=O)n3C)O1. The molecule has 0 spiro atoms. The van der Waals surface area contributed by atoms with E-state index >= 15 is 0 Å². The minimum absolute atomic E-state index is 0.00834. The van der Waals surface area contributed by atoms with Gasteiger partial charge in [0.1, 0.15) is 0 Å². The van der Waals surface area contributed by atoms with E-state index in [1.807, 2.05) is 13.1 Å². The molecule has 5 heteroatoms. The van der Waals surface area contributed by atoms with E-state index < -0.39 is 0 Å². The Labute approximate surface area is 126 Å². The van der Waals surface area contributed by atoms with E-state index in [9.17, 15) is 4.79 Å². The lowest BCUT2D eigenvalue weighted by Gasteiger charge is -2.18. The zero-order valence-corrected chi connectivity index (χ0v) is 13.6. The second-order valence-electron chi connectivity index (χ2n) is 5.61. The number of aromatic nitrogens is 2. The number of fused-ring (bicyclic) bond motifs is 1. The summed E-state index contributed by atoms with van der Waals surface area (Å²) in [5.74, 6) is 0. The number of rotatable bonds is 2. The van der Waals surface area contributed by atoms with Crippen LogP contribution >= 0.6 is 15.9 Å². The Morgan fingerprint density at radius 1 is 1.25 bits per heavy atom. The molecule has 2 aromatic rings. The van der Waals surface area contributed by atoms with Crippen LogP contribution in [-0.2, 0) is 18.8 Å². The van der Waals surface area contributed by atoms with Crippen molar-refractivity contribution in [1.82, 2.24) is 9.13 Å². The molecule has 1 fully saturated rings. The highest BCUT2D eigenvalue weighted by Crippen LogP contribution is 2.36. The Morgan fingerprint density at radius 3 is 2.60 bits per heavy atom. The van der Waals surface area contributed by atoms with Crippen LogP contribution in [0.3, 0.4) is 0 Å². The van der Waals surface area contributed by atoms with Crippen molar-refractivity contribution in [1.29, 1.82) is 0 Å². The van der Waals surface area contributed by atoms with E-state index in [2.05, 4.69) is 35.0 Å². The summed E-state index contributed by atoms with van der Waals surface area (Å²) in [6.07, 6.45) is 2.73. The molecule has 1 saturated heterocycles. The molecule has 0 saturated carbocycles. The predicted octanol–water partition coefficient (Wildman–Crippen LogP) is 2.88. The number of nitrogens with zero attached hydrogens (tertiary/aromatic N) is 2. The second-order valence-corrected chi connectivity index (χ2v) is 6.60. The van der Waals surface area contributed by atoms with Gasteiger partial charge in [-0.2, -0.15) is 0 Å². The molecule has 0 aliphatic carbocycles. The summed E-state index contributed by atoms with van der Waals surface area (Å²) in [7, 11) is 3.61. The normalized spacial score (nSPS) is 24.4. The Bertz CT molecular complexity index is 704. The molecule has 1 aromatic heterocycles. The first kappa shape index (κ1) is 13.9. The summed E-state index contributed by atoms with van der Waals surface area (Å²) in [5, 5.41) is 0. The molecule has 1 aliphatic heterocycles. The van der Waals surface area contributed by atoms with Crippen molar-refractivity contribution in [2.45, 2.75) is 36.8 Å². The zero-order valence-electron chi connectivity index (χ0n) is 12.0. The lowest BCUT2D eigenvalue weighted by Crippen LogP contribution is -2.19. The number of aryl methyl sites for hydroxylation is 2. The Hall–Kier alpha value is -1.07. The largest absolute Gasteiger partial charge is 0.374 e. The molecule has 3 atom stereocenters. The summed E-state index contributed by atoms with van der Waals surface area (Å²) >= 11 is 3.76. The fourth-order valence-electron chi connectivity index (χ4n) is 2.96. The summed E-state index contributed by atoms with van der Waals surface area (Å²) in [6.45, 7) is 2.11. The average Bonchev–Trinajstić information content (AvgIpc) is 2.97. The number of imidazole rings is 1. The molecule has 1 aromatic carbocycles. The Kier molecular flexibility index (Phi) is 3.50. The molecular weight excluding hydrogens is 320 g/mol. The molecular formula is C15H19BrN2O2. The second kappa shape index (κ2) is 5.04. The number of ether oxygens (including phenoxy) is 1. The predicted molar refractivity (Wildman–Crippen MR) is 83.4 cm³/mol.